The van der Waals surface area contributed by atoms with Crippen LogP contribution in [0.4, 0.5) is 11.4 Å². The van der Waals surface area contributed by atoms with E-state index in [1.807, 2.05) is 7.05 Å². The molecule has 5 aromatic rings. The molecule has 0 atom stereocenters. The van der Waals surface area contributed by atoms with Gasteiger partial charge in [0, 0.05) is 12.4 Å². The largest absolute Gasteiger partial charge is 0.397 e. The van der Waals surface area contributed by atoms with Gasteiger partial charge in [-0.05, 0) is 43.8 Å². The summed E-state index contributed by atoms with van der Waals surface area (Å²) in [5.41, 5.74) is 8.15. The van der Waals surface area contributed by atoms with Crippen LogP contribution in [0.1, 0.15) is 0 Å². The third-order valence-electron chi connectivity index (χ3n) is 4.91. The molecule has 5 rings (SSSR count). The van der Waals surface area contributed by atoms with Gasteiger partial charge in [0.25, 0.3) is 0 Å². The van der Waals surface area contributed by atoms with Gasteiger partial charge >= 0.3 is 0 Å². The van der Waals surface area contributed by atoms with Crippen molar-refractivity contribution in [3.05, 3.63) is 60.7 Å². The predicted molar refractivity (Wildman–Crippen MR) is 102 cm³/mol. The van der Waals surface area contributed by atoms with Gasteiger partial charge in [-0.1, -0.05) is 54.6 Å². The molecule has 0 aromatic heterocycles. The Hall–Kier alpha value is -3.00. The summed E-state index contributed by atoms with van der Waals surface area (Å²) in [5, 5.41) is 13.5. The summed E-state index contributed by atoms with van der Waals surface area (Å²) in [6.45, 7) is 0. The quantitative estimate of drug-likeness (QED) is 0.248. The number of benzene rings is 5. The Morgan fingerprint density at radius 2 is 1.30 bits per heavy atom. The van der Waals surface area contributed by atoms with Crippen molar-refractivity contribution in [1.82, 2.24) is 0 Å². The molecular weight excluding hydrogens is 280 g/mol. The highest BCUT2D eigenvalue weighted by atomic mass is 14.9. The van der Waals surface area contributed by atoms with Crippen molar-refractivity contribution >= 4 is 54.5 Å². The normalized spacial score (nSPS) is 11.9. The van der Waals surface area contributed by atoms with Gasteiger partial charge in [-0.25, -0.2) is 0 Å². The van der Waals surface area contributed by atoms with Crippen LogP contribution in [0, 0.1) is 0 Å². The van der Waals surface area contributed by atoms with Crippen LogP contribution in [0.3, 0.4) is 0 Å². The van der Waals surface area contributed by atoms with E-state index in [0.717, 1.165) is 11.4 Å². The molecule has 2 nitrogen and oxygen atoms in total. The Kier molecular flexibility index (Phi) is 2.32. The first-order valence-electron chi connectivity index (χ1n) is 7.85. The molecule has 0 aliphatic heterocycles. The van der Waals surface area contributed by atoms with Crippen molar-refractivity contribution in [1.29, 1.82) is 0 Å². The van der Waals surface area contributed by atoms with Crippen molar-refractivity contribution in [3.8, 4) is 0 Å². The van der Waals surface area contributed by atoms with Crippen LogP contribution in [0.5, 0.6) is 0 Å². The number of hydrogen-bond acceptors (Lipinski definition) is 2. The molecule has 0 saturated heterocycles. The zero-order valence-electron chi connectivity index (χ0n) is 12.9. The van der Waals surface area contributed by atoms with E-state index in [2.05, 4.69) is 66.0 Å². The number of hydrogen-bond donors (Lipinski definition) is 2. The highest BCUT2D eigenvalue weighted by Gasteiger charge is 2.16. The molecular formula is C21H16N2. The molecule has 23 heavy (non-hydrogen) atoms. The van der Waals surface area contributed by atoms with Crippen LogP contribution in [0.2, 0.25) is 0 Å². The lowest BCUT2D eigenvalue weighted by Gasteiger charge is -2.18. The van der Waals surface area contributed by atoms with Crippen LogP contribution < -0.4 is 11.1 Å². The molecule has 0 fully saturated rings. The molecule has 2 heteroatoms. The molecule has 0 aliphatic rings. The molecule has 0 aliphatic carbocycles. The van der Waals surface area contributed by atoms with E-state index < -0.39 is 0 Å². The summed E-state index contributed by atoms with van der Waals surface area (Å²) < 4.78 is 0. The summed E-state index contributed by atoms with van der Waals surface area (Å²) in [7, 11) is 1.94. The maximum atomic E-state index is 6.33. The third-order valence-corrected chi connectivity index (χ3v) is 4.91. The fraction of sp³-hybridized carbons (Fsp3) is 0.0476. The van der Waals surface area contributed by atoms with Crippen LogP contribution >= 0.6 is 0 Å². The SMILES string of the molecule is CNc1c(N)cc2cccc3c4cccc5cccc(c1c23)c54. The van der Waals surface area contributed by atoms with Crippen LogP contribution in [-0.2, 0) is 0 Å². The van der Waals surface area contributed by atoms with Crippen LogP contribution in [0.25, 0.3) is 43.1 Å². The Labute approximate surface area is 133 Å². The maximum absolute atomic E-state index is 6.33. The molecule has 0 heterocycles. The Morgan fingerprint density at radius 3 is 2.00 bits per heavy atom. The zero-order valence-corrected chi connectivity index (χ0v) is 12.9. The average Bonchev–Trinajstić information content (AvgIpc) is 2.58. The summed E-state index contributed by atoms with van der Waals surface area (Å²) in [6, 6.07) is 21.6. The van der Waals surface area contributed by atoms with Crippen LogP contribution in [0.15, 0.2) is 60.7 Å². The molecule has 0 radical (unpaired) electrons. The number of fused-ring (bicyclic) bond motifs is 2. The highest BCUT2D eigenvalue weighted by Crippen LogP contribution is 2.44. The molecule has 0 bridgehead atoms. The number of nitrogen functional groups attached to an aromatic ring is 1. The van der Waals surface area contributed by atoms with E-state index in [1.54, 1.807) is 0 Å². The second-order valence-electron chi connectivity index (χ2n) is 6.08. The molecule has 0 unspecified atom stereocenters. The fourth-order valence-electron chi connectivity index (χ4n) is 4.02. The highest BCUT2D eigenvalue weighted by molar-refractivity contribution is 6.36. The maximum Gasteiger partial charge on any atom is 0.0657 e. The summed E-state index contributed by atoms with van der Waals surface area (Å²) in [6.07, 6.45) is 0. The standard InChI is InChI=1S/C21H16N2/c1-23-21-17(22)11-13-7-4-9-15-14-8-2-5-12-6-3-10-16(18(12)14)20(21)19(13)15/h2-11,23H,22H2,1H3. The lowest BCUT2D eigenvalue weighted by atomic mass is 9.88. The van der Waals surface area contributed by atoms with Crippen molar-refractivity contribution in [2.24, 2.45) is 0 Å². The van der Waals surface area contributed by atoms with E-state index in [-0.39, 0.29) is 0 Å². The summed E-state index contributed by atoms with van der Waals surface area (Å²) in [4.78, 5) is 0. The third kappa shape index (κ3) is 1.48. The van der Waals surface area contributed by atoms with E-state index in [1.165, 1.54) is 43.1 Å². The minimum absolute atomic E-state index is 0.795. The Morgan fingerprint density at radius 1 is 0.696 bits per heavy atom. The predicted octanol–water partition coefficient (Wildman–Crippen LogP) is 5.36. The van der Waals surface area contributed by atoms with Gasteiger partial charge in [0.05, 0.1) is 11.4 Å². The Bertz CT molecular complexity index is 1200. The van der Waals surface area contributed by atoms with Gasteiger partial charge in [0.15, 0.2) is 0 Å². The van der Waals surface area contributed by atoms with E-state index in [0.29, 0.717) is 0 Å². The summed E-state index contributed by atoms with van der Waals surface area (Å²) >= 11 is 0. The van der Waals surface area contributed by atoms with Crippen molar-refractivity contribution < 1.29 is 0 Å². The molecule has 5 aromatic carbocycles. The first-order valence-corrected chi connectivity index (χ1v) is 7.85. The topological polar surface area (TPSA) is 38.0 Å². The van der Waals surface area contributed by atoms with Gasteiger partial charge in [-0.15, -0.1) is 0 Å². The van der Waals surface area contributed by atoms with Gasteiger partial charge in [-0.3, -0.25) is 0 Å². The molecule has 0 amide bonds. The first kappa shape index (κ1) is 12.5. The number of rotatable bonds is 1. The molecule has 0 spiro atoms. The zero-order chi connectivity index (χ0) is 15.6. The number of nitrogens with one attached hydrogen (secondary N) is 1. The lowest BCUT2D eigenvalue weighted by Crippen LogP contribution is -1.98. The molecule has 0 saturated carbocycles. The summed E-state index contributed by atoms with van der Waals surface area (Å²) in [5.74, 6) is 0. The van der Waals surface area contributed by atoms with Crippen molar-refractivity contribution in [3.63, 3.8) is 0 Å². The van der Waals surface area contributed by atoms with Gasteiger partial charge in [-0.2, -0.15) is 0 Å². The van der Waals surface area contributed by atoms with E-state index in [9.17, 15) is 0 Å². The molecule has 3 N–H and O–H groups in total. The minimum Gasteiger partial charge on any atom is -0.397 e. The second kappa shape index (κ2) is 4.26. The van der Waals surface area contributed by atoms with Gasteiger partial charge in [0.2, 0.25) is 0 Å². The molecule has 110 valence electrons. The number of anilines is 2. The van der Waals surface area contributed by atoms with Crippen molar-refractivity contribution in [2.45, 2.75) is 0 Å². The minimum atomic E-state index is 0.795. The second-order valence-corrected chi connectivity index (χ2v) is 6.08. The monoisotopic (exact) mass is 296 g/mol. The smallest absolute Gasteiger partial charge is 0.0657 e. The van der Waals surface area contributed by atoms with E-state index in [4.69, 9.17) is 5.73 Å². The van der Waals surface area contributed by atoms with E-state index >= 15 is 0 Å². The fourth-order valence-corrected chi connectivity index (χ4v) is 4.02. The van der Waals surface area contributed by atoms with Gasteiger partial charge < -0.3 is 11.1 Å². The number of nitrogens with two attached hydrogens (primary N) is 1. The Balaban J connectivity index is 2.28. The van der Waals surface area contributed by atoms with Crippen LogP contribution in [-0.4, -0.2) is 7.05 Å². The lowest BCUT2D eigenvalue weighted by molar-refractivity contribution is 1.55. The van der Waals surface area contributed by atoms with Gasteiger partial charge in [0.1, 0.15) is 0 Å². The first-order chi connectivity index (χ1) is 11.3. The average molecular weight is 296 g/mol. The van der Waals surface area contributed by atoms with Crippen molar-refractivity contribution in [2.75, 3.05) is 18.1 Å².